The van der Waals surface area contributed by atoms with E-state index in [2.05, 4.69) is 0 Å². The van der Waals surface area contributed by atoms with E-state index in [0.717, 1.165) is 12.0 Å². The van der Waals surface area contributed by atoms with E-state index in [1.807, 2.05) is 77.1 Å². The first-order valence-corrected chi connectivity index (χ1v) is 10.2. The Morgan fingerprint density at radius 3 is 2.43 bits per heavy atom. The van der Waals surface area contributed by atoms with Gasteiger partial charge in [0, 0.05) is 11.8 Å². The molecule has 0 aliphatic carbocycles. The fraction of sp³-hybridized carbons (Fsp3) is 0.583. The molecule has 0 aliphatic heterocycles. The van der Waals surface area contributed by atoms with E-state index in [1.165, 1.54) is 0 Å². The molecule has 1 rings (SSSR count). The van der Waals surface area contributed by atoms with Gasteiger partial charge in [-0.1, -0.05) is 56.3 Å². The summed E-state index contributed by atoms with van der Waals surface area (Å²) in [6.07, 6.45) is 4.20. The molecule has 0 heterocycles. The molecule has 0 aliphatic rings. The number of hydrogen-bond donors (Lipinski definition) is 1. The normalized spacial score (nSPS) is 15.4. The minimum absolute atomic E-state index is 0.00899. The topological polar surface area (TPSA) is 63.6 Å². The molecular formula is C24H36O4. The molecular weight excluding hydrogens is 352 g/mol. The van der Waals surface area contributed by atoms with E-state index in [9.17, 15) is 14.7 Å². The van der Waals surface area contributed by atoms with Gasteiger partial charge >= 0.3 is 0 Å². The Balaban J connectivity index is 2.40. The van der Waals surface area contributed by atoms with Gasteiger partial charge < -0.3 is 9.84 Å². The van der Waals surface area contributed by atoms with Gasteiger partial charge in [0.25, 0.3) is 0 Å². The van der Waals surface area contributed by atoms with Crippen molar-refractivity contribution in [1.29, 1.82) is 0 Å². The van der Waals surface area contributed by atoms with Gasteiger partial charge in [-0.15, -0.1) is 0 Å². The molecule has 0 radical (unpaired) electrons. The van der Waals surface area contributed by atoms with Crippen LogP contribution < -0.4 is 0 Å². The average molecular weight is 389 g/mol. The number of hydrogen-bond acceptors (Lipinski definition) is 4. The minimum Gasteiger partial charge on any atom is -0.393 e. The molecule has 0 aromatic heterocycles. The predicted octanol–water partition coefficient (Wildman–Crippen LogP) is 4.89. The second kappa shape index (κ2) is 11.9. The summed E-state index contributed by atoms with van der Waals surface area (Å²) >= 11 is 0. The maximum atomic E-state index is 12.3. The summed E-state index contributed by atoms with van der Waals surface area (Å²) in [4.78, 5) is 24.5. The van der Waals surface area contributed by atoms with Crippen LogP contribution in [0, 0.1) is 11.3 Å². The minimum atomic E-state index is -0.757. The van der Waals surface area contributed by atoms with E-state index in [-0.39, 0.29) is 36.4 Å². The summed E-state index contributed by atoms with van der Waals surface area (Å²) in [5, 5.41) is 10.3. The first kappa shape index (κ1) is 24.3. The molecule has 1 aromatic rings. The summed E-state index contributed by atoms with van der Waals surface area (Å²) in [6.45, 7) is 10.2. The number of ether oxygens (including phenoxy) is 1. The van der Waals surface area contributed by atoms with E-state index in [4.69, 9.17) is 4.74 Å². The Bertz CT molecular complexity index is 633. The summed E-state index contributed by atoms with van der Waals surface area (Å²) < 4.78 is 5.88. The monoisotopic (exact) mass is 388 g/mol. The van der Waals surface area contributed by atoms with Crippen molar-refractivity contribution < 1.29 is 19.4 Å². The van der Waals surface area contributed by atoms with Gasteiger partial charge in [0.1, 0.15) is 11.6 Å². The molecule has 0 amide bonds. The highest BCUT2D eigenvalue weighted by atomic mass is 16.5. The number of allylic oxidation sites excluding steroid dienone is 2. The van der Waals surface area contributed by atoms with Gasteiger partial charge in [-0.3, -0.25) is 9.59 Å². The van der Waals surface area contributed by atoms with Crippen molar-refractivity contribution in [3.05, 3.63) is 48.0 Å². The molecule has 4 nitrogen and oxygen atoms in total. The molecule has 28 heavy (non-hydrogen) atoms. The fourth-order valence-electron chi connectivity index (χ4n) is 2.92. The van der Waals surface area contributed by atoms with Crippen molar-refractivity contribution >= 4 is 11.6 Å². The summed E-state index contributed by atoms with van der Waals surface area (Å²) in [5.41, 5.74) is 0.458. The molecule has 0 bridgehead atoms. The van der Waals surface area contributed by atoms with Crippen LogP contribution in [-0.4, -0.2) is 28.9 Å². The van der Waals surface area contributed by atoms with Gasteiger partial charge in [-0.2, -0.15) is 0 Å². The average Bonchev–Trinajstić information content (AvgIpc) is 2.64. The van der Waals surface area contributed by atoms with Crippen LogP contribution in [0.1, 0.15) is 65.9 Å². The van der Waals surface area contributed by atoms with Crippen LogP contribution in [0.2, 0.25) is 0 Å². The van der Waals surface area contributed by atoms with E-state index < -0.39 is 11.5 Å². The Morgan fingerprint density at radius 2 is 1.82 bits per heavy atom. The SMILES string of the molecule is CC/C=C/C(C)(C)C(=O)CC(=O)C[C@H](O)C[C@@H](C)[C@H](C)OCc1ccccc1. The third-order valence-corrected chi connectivity index (χ3v) is 5.11. The van der Waals surface area contributed by atoms with Crippen LogP contribution in [0.25, 0.3) is 0 Å². The van der Waals surface area contributed by atoms with Gasteiger partial charge in [-0.05, 0) is 45.1 Å². The fourth-order valence-corrected chi connectivity index (χ4v) is 2.92. The summed E-state index contributed by atoms with van der Waals surface area (Å²) in [7, 11) is 0. The van der Waals surface area contributed by atoms with Crippen molar-refractivity contribution in [2.45, 2.75) is 79.1 Å². The first-order chi connectivity index (χ1) is 13.2. The summed E-state index contributed by atoms with van der Waals surface area (Å²) in [5.74, 6) is -0.214. The number of aliphatic hydroxyl groups is 1. The van der Waals surface area contributed by atoms with Gasteiger partial charge in [0.2, 0.25) is 0 Å². The van der Waals surface area contributed by atoms with Crippen LogP contribution in [0.15, 0.2) is 42.5 Å². The highest BCUT2D eigenvalue weighted by Gasteiger charge is 2.27. The van der Waals surface area contributed by atoms with Gasteiger partial charge in [0.05, 0.1) is 25.2 Å². The zero-order valence-corrected chi connectivity index (χ0v) is 18.0. The number of rotatable bonds is 13. The maximum absolute atomic E-state index is 12.3. The van der Waals surface area contributed by atoms with Gasteiger partial charge in [-0.25, -0.2) is 0 Å². The molecule has 3 atom stereocenters. The maximum Gasteiger partial charge on any atom is 0.149 e. The van der Waals surface area contributed by atoms with Crippen molar-refractivity contribution in [1.82, 2.24) is 0 Å². The smallest absolute Gasteiger partial charge is 0.149 e. The van der Waals surface area contributed by atoms with Crippen molar-refractivity contribution in [3.8, 4) is 0 Å². The lowest BCUT2D eigenvalue weighted by atomic mass is 9.84. The number of aliphatic hydroxyl groups excluding tert-OH is 1. The quantitative estimate of drug-likeness (QED) is 0.386. The zero-order valence-electron chi connectivity index (χ0n) is 18.0. The van der Waals surface area contributed by atoms with Crippen LogP contribution in [-0.2, 0) is 20.9 Å². The predicted molar refractivity (Wildman–Crippen MR) is 113 cm³/mol. The molecule has 1 N–H and O–H groups in total. The second-order valence-electron chi connectivity index (χ2n) is 8.24. The standard InChI is InChI=1S/C24H36O4/c1-6-7-13-24(4,5)23(27)16-22(26)15-21(25)14-18(2)19(3)28-17-20-11-9-8-10-12-20/h7-13,18-19,21,25H,6,14-17H2,1-5H3/b13-7+/t18-,19+,21-/m1/s1. The van der Waals surface area contributed by atoms with Gasteiger partial charge in [0.15, 0.2) is 0 Å². The van der Waals surface area contributed by atoms with Crippen molar-refractivity contribution in [2.75, 3.05) is 0 Å². The third-order valence-electron chi connectivity index (χ3n) is 5.11. The first-order valence-electron chi connectivity index (χ1n) is 10.2. The summed E-state index contributed by atoms with van der Waals surface area (Å²) in [6, 6.07) is 9.94. The molecule has 0 unspecified atom stereocenters. The van der Waals surface area contributed by atoms with E-state index in [1.54, 1.807) is 0 Å². The molecule has 0 saturated heterocycles. The van der Waals surface area contributed by atoms with E-state index in [0.29, 0.717) is 13.0 Å². The number of ketones is 2. The second-order valence-corrected chi connectivity index (χ2v) is 8.24. The van der Waals surface area contributed by atoms with Crippen LogP contribution >= 0.6 is 0 Å². The lowest BCUT2D eigenvalue weighted by molar-refractivity contribution is -0.131. The van der Waals surface area contributed by atoms with Crippen molar-refractivity contribution in [2.24, 2.45) is 11.3 Å². The highest BCUT2D eigenvalue weighted by molar-refractivity contribution is 6.02. The number of carbonyl (C=O) groups is 2. The largest absolute Gasteiger partial charge is 0.393 e. The van der Waals surface area contributed by atoms with E-state index >= 15 is 0 Å². The van der Waals surface area contributed by atoms with Crippen LogP contribution in [0.3, 0.4) is 0 Å². The lowest BCUT2D eigenvalue weighted by Crippen LogP contribution is -2.28. The third kappa shape index (κ3) is 8.94. The molecule has 4 heteroatoms. The number of benzene rings is 1. The molecule has 1 aromatic carbocycles. The Labute approximate surface area is 170 Å². The Kier molecular flexibility index (Phi) is 10.3. The number of Topliss-reactive ketones (excluding diaryl/α,β-unsaturated/α-hetero) is 2. The molecule has 156 valence electrons. The zero-order chi connectivity index (χ0) is 21.2. The Morgan fingerprint density at radius 1 is 1.18 bits per heavy atom. The lowest BCUT2D eigenvalue weighted by Gasteiger charge is -2.23. The highest BCUT2D eigenvalue weighted by Crippen LogP contribution is 2.22. The number of carbonyl (C=O) groups excluding carboxylic acids is 2. The van der Waals surface area contributed by atoms with Crippen molar-refractivity contribution in [3.63, 3.8) is 0 Å². The Hall–Kier alpha value is -1.78. The van der Waals surface area contributed by atoms with Crippen LogP contribution in [0.5, 0.6) is 0 Å². The molecule has 0 fully saturated rings. The molecule has 0 spiro atoms. The van der Waals surface area contributed by atoms with Crippen LogP contribution in [0.4, 0.5) is 0 Å². The molecule has 0 saturated carbocycles.